The summed E-state index contributed by atoms with van der Waals surface area (Å²) in [4.78, 5) is 23.6. The summed E-state index contributed by atoms with van der Waals surface area (Å²) in [6.07, 6.45) is 0.743. The number of rotatable bonds is 11. The van der Waals surface area contributed by atoms with Crippen molar-refractivity contribution in [3.63, 3.8) is 0 Å². The average Bonchev–Trinajstić information content (AvgIpc) is 2.75. The van der Waals surface area contributed by atoms with Gasteiger partial charge in [0.15, 0.2) is 11.6 Å². The highest BCUT2D eigenvalue weighted by atomic mass is 35.5. The van der Waals surface area contributed by atoms with Crippen LogP contribution >= 0.6 is 11.6 Å². The fraction of sp³-hybridized carbons (Fsp3) is 0.391. The molecule has 0 saturated heterocycles. The topological polar surface area (TPSA) is 79.5 Å². The molecule has 2 aromatic carbocycles. The fourth-order valence-electron chi connectivity index (χ4n) is 3.14. The summed E-state index contributed by atoms with van der Waals surface area (Å²) in [5, 5.41) is 8.66. The first kappa shape index (κ1) is 24.6. The fourth-order valence-corrected chi connectivity index (χ4v) is 3.32. The zero-order valence-electron chi connectivity index (χ0n) is 18.0. The van der Waals surface area contributed by atoms with Crippen molar-refractivity contribution in [1.29, 1.82) is 0 Å². The van der Waals surface area contributed by atoms with Crippen molar-refractivity contribution in [2.24, 2.45) is 0 Å². The van der Waals surface area contributed by atoms with E-state index in [4.69, 9.17) is 16.3 Å². The van der Waals surface area contributed by atoms with Crippen LogP contribution in [0.15, 0.2) is 42.5 Å². The summed E-state index contributed by atoms with van der Waals surface area (Å²) >= 11 is 6.19. The van der Waals surface area contributed by atoms with Gasteiger partial charge in [0, 0.05) is 30.6 Å². The number of nitrogens with one attached hydrogen (secondary N) is 3. The Morgan fingerprint density at radius 2 is 1.77 bits per heavy atom. The first-order chi connectivity index (χ1) is 14.8. The Bertz CT molecular complexity index is 880. The Labute approximate surface area is 187 Å². The van der Waals surface area contributed by atoms with Crippen molar-refractivity contribution in [3.8, 4) is 11.5 Å². The molecule has 0 aliphatic rings. The molecule has 2 amide bonds. The summed E-state index contributed by atoms with van der Waals surface area (Å²) < 4.78 is 21.0. The van der Waals surface area contributed by atoms with Crippen LogP contribution in [0.3, 0.4) is 0 Å². The van der Waals surface area contributed by atoms with E-state index in [1.165, 1.54) is 0 Å². The molecule has 0 aliphatic heterocycles. The predicted molar refractivity (Wildman–Crippen MR) is 120 cm³/mol. The lowest BCUT2D eigenvalue weighted by Crippen LogP contribution is -2.40. The summed E-state index contributed by atoms with van der Waals surface area (Å²) in [7, 11) is 0. The maximum atomic E-state index is 15.3. The molecule has 31 heavy (non-hydrogen) atoms. The van der Waals surface area contributed by atoms with Crippen molar-refractivity contribution in [2.75, 3.05) is 13.1 Å². The molecule has 0 bridgehead atoms. The van der Waals surface area contributed by atoms with E-state index in [9.17, 15) is 9.59 Å². The number of ether oxygens (including phenoxy) is 1. The monoisotopic (exact) mass is 449 g/mol. The second-order valence-corrected chi connectivity index (χ2v) is 7.56. The lowest BCUT2D eigenvalue weighted by atomic mass is 10.0. The van der Waals surface area contributed by atoms with Gasteiger partial charge in [0.25, 0.3) is 0 Å². The molecule has 2 rings (SSSR count). The van der Waals surface area contributed by atoms with E-state index in [-0.39, 0.29) is 47.6 Å². The molecule has 168 valence electrons. The maximum absolute atomic E-state index is 15.3. The number of hydrogen-bond donors (Lipinski definition) is 3. The standard InChI is InChI=1S/C23H29ClFN3O3/c1-4-19(28-15(3)13-20(29)27-14-21(30)26-5-2)17-11-12-18(24)23(22(17)25)31-16-9-7-6-8-10-16/h6-12,15,19,28H,4-5,13-14H2,1-3H3,(H,26,30)(H,27,29)/t15-,19+/m0/s1. The zero-order chi connectivity index (χ0) is 22.8. The first-order valence-electron chi connectivity index (χ1n) is 10.4. The molecule has 0 spiro atoms. The molecule has 0 fully saturated rings. The van der Waals surface area contributed by atoms with Crippen molar-refractivity contribution in [1.82, 2.24) is 16.0 Å². The Kier molecular flexibility index (Phi) is 9.75. The summed E-state index contributed by atoms with van der Waals surface area (Å²) in [6.45, 7) is 6.01. The van der Waals surface area contributed by atoms with Crippen LogP contribution in [0.1, 0.15) is 45.2 Å². The molecular formula is C23H29ClFN3O3. The van der Waals surface area contributed by atoms with Gasteiger partial charge in [-0.05, 0) is 38.5 Å². The minimum absolute atomic E-state index is 0.0297. The van der Waals surface area contributed by atoms with Crippen LogP contribution < -0.4 is 20.7 Å². The molecule has 0 aromatic heterocycles. The molecule has 2 aromatic rings. The predicted octanol–water partition coefficient (Wildman–Crippen LogP) is 4.34. The van der Waals surface area contributed by atoms with Gasteiger partial charge < -0.3 is 20.7 Å². The van der Waals surface area contributed by atoms with Crippen molar-refractivity contribution in [2.45, 2.75) is 45.7 Å². The zero-order valence-corrected chi connectivity index (χ0v) is 18.8. The number of carbonyl (C=O) groups excluding carboxylic acids is 2. The highest BCUT2D eigenvalue weighted by Crippen LogP contribution is 2.36. The van der Waals surface area contributed by atoms with E-state index >= 15 is 4.39 Å². The first-order valence-corrected chi connectivity index (χ1v) is 10.7. The van der Waals surface area contributed by atoms with Gasteiger partial charge in [0.05, 0.1) is 11.6 Å². The van der Waals surface area contributed by atoms with Crippen LogP contribution in [0.2, 0.25) is 5.02 Å². The summed E-state index contributed by atoms with van der Waals surface area (Å²) in [5.74, 6) is -0.581. The Balaban J connectivity index is 2.05. The van der Waals surface area contributed by atoms with Crippen LogP contribution in [-0.4, -0.2) is 30.9 Å². The number of amides is 2. The number of carbonyl (C=O) groups is 2. The largest absolute Gasteiger partial charge is 0.453 e. The van der Waals surface area contributed by atoms with E-state index in [1.807, 2.05) is 26.8 Å². The minimum atomic E-state index is -0.538. The van der Waals surface area contributed by atoms with Crippen LogP contribution in [0.4, 0.5) is 4.39 Å². The molecule has 0 heterocycles. The molecule has 3 N–H and O–H groups in total. The average molecular weight is 450 g/mol. The smallest absolute Gasteiger partial charge is 0.239 e. The molecule has 6 nitrogen and oxygen atoms in total. The van der Waals surface area contributed by atoms with Gasteiger partial charge >= 0.3 is 0 Å². The van der Waals surface area contributed by atoms with Gasteiger partial charge in [0.1, 0.15) is 5.75 Å². The second-order valence-electron chi connectivity index (χ2n) is 7.16. The van der Waals surface area contributed by atoms with E-state index in [1.54, 1.807) is 36.4 Å². The SMILES string of the molecule is CCNC(=O)CNC(=O)C[C@H](C)N[C@H](CC)c1ccc(Cl)c(Oc2ccccc2)c1F. The van der Waals surface area contributed by atoms with Crippen molar-refractivity contribution in [3.05, 3.63) is 58.9 Å². The third-order valence-electron chi connectivity index (χ3n) is 4.62. The third-order valence-corrected chi connectivity index (χ3v) is 4.92. The Hall–Kier alpha value is -2.64. The summed E-state index contributed by atoms with van der Waals surface area (Å²) in [6, 6.07) is 11.5. The molecule has 0 saturated carbocycles. The second kappa shape index (κ2) is 12.3. The molecule has 0 unspecified atom stereocenters. The lowest BCUT2D eigenvalue weighted by Gasteiger charge is -2.24. The normalized spacial score (nSPS) is 12.7. The highest BCUT2D eigenvalue weighted by molar-refractivity contribution is 6.32. The Morgan fingerprint density at radius 3 is 2.42 bits per heavy atom. The van der Waals surface area contributed by atoms with E-state index in [2.05, 4.69) is 16.0 Å². The minimum Gasteiger partial charge on any atom is -0.453 e. The van der Waals surface area contributed by atoms with Gasteiger partial charge in [-0.25, -0.2) is 4.39 Å². The molecule has 2 atom stereocenters. The van der Waals surface area contributed by atoms with Crippen molar-refractivity contribution >= 4 is 23.4 Å². The molecule has 0 aliphatic carbocycles. The number of benzene rings is 2. The quantitative estimate of drug-likeness (QED) is 0.476. The van der Waals surface area contributed by atoms with Crippen molar-refractivity contribution < 1.29 is 18.7 Å². The highest BCUT2D eigenvalue weighted by Gasteiger charge is 2.22. The van der Waals surface area contributed by atoms with E-state index in [0.717, 1.165) is 0 Å². The van der Waals surface area contributed by atoms with Gasteiger partial charge in [-0.1, -0.05) is 42.8 Å². The lowest BCUT2D eigenvalue weighted by molar-refractivity contribution is -0.126. The van der Waals surface area contributed by atoms with E-state index in [0.29, 0.717) is 24.3 Å². The third kappa shape index (κ3) is 7.52. The number of likely N-dealkylation sites (N-methyl/N-ethyl adjacent to an activating group) is 1. The van der Waals surface area contributed by atoms with Gasteiger partial charge in [-0.15, -0.1) is 0 Å². The van der Waals surface area contributed by atoms with Gasteiger partial charge in [-0.2, -0.15) is 0 Å². The maximum Gasteiger partial charge on any atom is 0.239 e. The van der Waals surface area contributed by atoms with E-state index < -0.39 is 5.82 Å². The Morgan fingerprint density at radius 1 is 1.06 bits per heavy atom. The number of halogens is 2. The number of hydrogen-bond acceptors (Lipinski definition) is 4. The molecular weight excluding hydrogens is 421 g/mol. The van der Waals surface area contributed by atoms with Crippen LogP contribution in [0, 0.1) is 5.82 Å². The summed E-state index contributed by atoms with van der Waals surface area (Å²) in [5.41, 5.74) is 0.410. The molecule has 8 heteroatoms. The number of para-hydroxylation sites is 1. The molecule has 0 radical (unpaired) electrons. The van der Waals surface area contributed by atoms with Gasteiger partial charge in [0.2, 0.25) is 11.8 Å². The van der Waals surface area contributed by atoms with Crippen LogP contribution in [0.25, 0.3) is 0 Å². The van der Waals surface area contributed by atoms with Crippen LogP contribution in [0.5, 0.6) is 11.5 Å². The van der Waals surface area contributed by atoms with Gasteiger partial charge in [-0.3, -0.25) is 9.59 Å². The van der Waals surface area contributed by atoms with Crippen LogP contribution in [-0.2, 0) is 9.59 Å².